The fourth-order valence-corrected chi connectivity index (χ4v) is 0. The van der Waals surface area contributed by atoms with Crippen molar-refractivity contribution in [1.82, 2.24) is 6.15 Å². The van der Waals surface area contributed by atoms with Gasteiger partial charge in [-0.2, -0.15) is 0 Å². The molecule has 0 aromatic carbocycles. The van der Waals surface area contributed by atoms with E-state index in [4.69, 9.17) is 0 Å². The number of hydrogen-bond donors (Lipinski definition) is 1. The maximum atomic E-state index is 0. The second-order valence-corrected chi connectivity index (χ2v) is 0. The predicted octanol–water partition coefficient (Wildman–Crippen LogP) is 0.161. The van der Waals surface area contributed by atoms with Gasteiger partial charge in [-0.15, -0.1) is 0 Å². The third-order valence-electron chi connectivity index (χ3n) is 0. The summed E-state index contributed by atoms with van der Waals surface area (Å²) < 4.78 is 0. The second-order valence-electron chi connectivity index (χ2n) is 0. The Bertz CT molecular complexity index is 8.49. The molecule has 0 bridgehead atoms. The quantitative estimate of drug-likeness (QED) is 0.492. The SMILES string of the molecule is F.F.F.F.F.F.N.[TeH2]. The molecular weight excluding hydrogens is 256 g/mol. The van der Waals surface area contributed by atoms with Gasteiger partial charge in [-0.05, 0) is 0 Å². The Hall–Kier alpha value is 0.330. The summed E-state index contributed by atoms with van der Waals surface area (Å²) in [6.07, 6.45) is 0. The third kappa shape index (κ3) is 1650. The molecule has 0 aliphatic rings. The standard InChI is InChI=1S/6FH.H3N.H2Te/h6*1H;1H3;1H2. The summed E-state index contributed by atoms with van der Waals surface area (Å²) in [5.74, 6) is 0. The molecule has 8 heavy (non-hydrogen) atoms. The average molecular weight is 267 g/mol. The summed E-state index contributed by atoms with van der Waals surface area (Å²) in [5.41, 5.74) is 0. The number of halogens is 6. The van der Waals surface area contributed by atoms with Crippen LogP contribution >= 0.6 is 0 Å². The average Bonchev–Trinajstić information content (AvgIpc) is 0. The zero-order valence-corrected chi connectivity index (χ0v) is 6.51. The van der Waals surface area contributed by atoms with Crippen molar-refractivity contribution in [2.24, 2.45) is 0 Å². The molecule has 0 amide bonds. The van der Waals surface area contributed by atoms with Gasteiger partial charge in [-0.25, -0.2) is 0 Å². The predicted molar refractivity (Wildman–Crippen MR) is 28.6 cm³/mol. The first-order valence-corrected chi connectivity index (χ1v) is 0. The van der Waals surface area contributed by atoms with Crippen LogP contribution in [0.1, 0.15) is 0 Å². The summed E-state index contributed by atoms with van der Waals surface area (Å²) in [4.78, 5) is 0. The van der Waals surface area contributed by atoms with Crippen molar-refractivity contribution in [3.8, 4) is 0 Å². The van der Waals surface area contributed by atoms with Gasteiger partial charge in [0, 0.05) is 0 Å². The van der Waals surface area contributed by atoms with Gasteiger partial charge in [0.2, 0.25) is 0 Å². The van der Waals surface area contributed by atoms with Gasteiger partial charge in [-0.1, -0.05) is 0 Å². The molecule has 0 saturated heterocycles. The minimum atomic E-state index is 0. The fraction of sp³-hybridized carbons (Fsp3) is 0. The molecule has 64 valence electrons. The second kappa shape index (κ2) is 2700. The van der Waals surface area contributed by atoms with E-state index in [0.29, 0.717) is 0 Å². The maximum absolute atomic E-state index is 0. The van der Waals surface area contributed by atoms with Crippen molar-refractivity contribution in [3.05, 3.63) is 0 Å². The van der Waals surface area contributed by atoms with E-state index in [1.54, 1.807) is 0 Å². The molecule has 0 aromatic heterocycles. The third-order valence-corrected chi connectivity index (χ3v) is 0. The summed E-state index contributed by atoms with van der Waals surface area (Å²) in [5, 5.41) is 0. The van der Waals surface area contributed by atoms with Crippen LogP contribution in [0.3, 0.4) is 0 Å². The molecule has 1 nitrogen and oxygen atoms in total. The van der Waals surface area contributed by atoms with Crippen LogP contribution in [0, 0.1) is 0 Å². The van der Waals surface area contributed by atoms with Crippen LogP contribution in [0.25, 0.3) is 0 Å². The van der Waals surface area contributed by atoms with Crippen molar-refractivity contribution in [3.63, 3.8) is 0 Å². The molecule has 0 aromatic rings. The van der Waals surface area contributed by atoms with Gasteiger partial charge in [0.1, 0.15) is 0 Å². The molecular formula is H11F6NTe. The Balaban J connectivity index is 0. The van der Waals surface area contributed by atoms with Crippen LogP contribution in [0.4, 0.5) is 28.2 Å². The molecule has 0 radical (unpaired) electrons. The van der Waals surface area contributed by atoms with Crippen molar-refractivity contribution in [1.29, 1.82) is 0 Å². The van der Waals surface area contributed by atoms with Crippen LogP contribution in [-0.2, 0) is 0 Å². The number of hydrogen-bond acceptors (Lipinski definition) is 1. The first-order chi connectivity index (χ1) is 0. The Morgan fingerprint density at radius 3 is 0.375 bits per heavy atom. The van der Waals surface area contributed by atoms with Crippen LogP contribution in [0.5, 0.6) is 0 Å². The van der Waals surface area contributed by atoms with E-state index >= 15 is 0 Å². The van der Waals surface area contributed by atoms with E-state index in [1.807, 2.05) is 0 Å². The molecule has 0 atom stereocenters. The van der Waals surface area contributed by atoms with E-state index < -0.39 is 0 Å². The first-order valence-electron chi connectivity index (χ1n) is 0. The molecule has 0 heterocycles. The monoisotopic (exact) mass is 269 g/mol. The van der Waals surface area contributed by atoms with E-state index in [1.165, 1.54) is 0 Å². The van der Waals surface area contributed by atoms with Crippen molar-refractivity contribution >= 4 is 23.7 Å². The molecule has 3 N–H and O–H groups in total. The van der Waals surface area contributed by atoms with E-state index in [2.05, 4.69) is 0 Å². The van der Waals surface area contributed by atoms with Gasteiger partial charge < -0.3 is 6.15 Å². The summed E-state index contributed by atoms with van der Waals surface area (Å²) >= 11 is 0. The summed E-state index contributed by atoms with van der Waals surface area (Å²) in [7, 11) is 0. The molecule has 0 aliphatic heterocycles. The summed E-state index contributed by atoms with van der Waals surface area (Å²) in [6, 6.07) is 0. The molecule has 0 unspecified atom stereocenters. The Kier molecular flexibility index (Phi) is 1390000. The minimum absolute atomic E-state index is 0. The van der Waals surface area contributed by atoms with E-state index in [0.717, 1.165) is 0 Å². The normalized spacial score (nSPS) is 0. The van der Waals surface area contributed by atoms with E-state index in [-0.39, 0.29) is 58.0 Å². The molecule has 0 aliphatic carbocycles. The summed E-state index contributed by atoms with van der Waals surface area (Å²) in [6.45, 7) is 0. The molecule has 0 rings (SSSR count). The van der Waals surface area contributed by atoms with Gasteiger partial charge in [-0.3, -0.25) is 28.2 Å². The Morgan fingerprint density at radius 1 is 0.375 bits per heavy atom. The van der Waals surface area contributed by atoms with Crippen molar-refractivity contribution in [2.45, 2.75) is 0 Å². The van der Waals surface area contributed by atoms with Crippen LogP contribution in [0.2, 0.25) is 0 Å². The Morgan fingerprint density at radius 2 is 0.375 bits per heavy atom. The first kappa shape index (κ1) is 4120. The van der Waals surface area contributed by atoms with Gasteiger partial charge >= 0.3 is 23.7 Å². The molecule has 8 heteroatoms. The van der Waals surface area contributed by atoms with Crippen molar-refractivity contribution in [2.75, 3.05) is 0 Å². The number of rotatable bonds is 0. The fourth-order valence-electron chi connectivity index (χ4n) is 0. The van der Waals surface area contributed by atoms with Crippen molar-refractivity contribution < 1.29 is 28.2 Å². The Labute approximate surface area is 58.7 Å². The van der Waals surface area contributed by atoms with Crippen LogP contribution < -0.4 is 6.15 Å². The van der Waals surface area contributed by atoms with E-state index in [9.17, 15) is 0 Å². The molecule has 0 spiro atoms. The van der Waals surface area contributed by atoms with Crippen LogP contribution in [0.15, 0.2) is 0 Å². The molecule has 0 saturated carbocycles. The van der Waals surface area contributed by atoms with Gasteiger partial charge in [0.05, 0.1) is 0 Å². The zero-order valence-electron chi connectivity index (χ0n) is 3.66. The molecule has 0 fully saturated rings. The van der Waals surface area contributed by atoms with Gasteiger partial charge in [0.25, 0.3) is 0 Å². The zero-order chi connectivity index (χ0) is 0. The van der Waals surface area contributed by atoms with Crippen LogP contribution in [-0.4, -0.2) is 23.7 Å². The topological polar surface area (TPSA) is 35.0 Å². The van der Waals surface area contributed by atoms with Gasteiger partial charge in [0.15, 0.2) is 0 Å².